The van der Waals surface area contributed by atoms with E-state index < -0.39 is 0 Å². The molecular weight excluding hydrogens is 322 g/mol. The summed E-state index contributed by atoms with van der Waals surface area (Å²) in [5, 5.41) is 15.5. The first-order valence-electron chi connectivity index (χ1n) is 7.86. The van der Waals surface area contributed by atoms with Gasteiger partial charge in [0, 0.05) is 5.69 Å². The molecule has 0 saturated heterocycles. The molecule has 130 valence electrons. The molecule has 0 saturated carbocycles. The molecule has 3 aromatic rings. The molecule has 0 atom stereocenters. The summed E-state index contributed by atoms with van der Waals surface area (Å²) in [6.45, 7) is 4.64. The molecule has 0 aliphatic rings. The van der Waals surface area contributed by atoms with Crippen LogP contribution in [-0.4, -0.2) is 26.7 Å². The van der Waals surface area contributed by atoms with Crippen LogP contribution in [0.15, 0.2) is 40.8 Å². The van der Waals surface area contributed by atoms with Crippen molar-refractivity contribution in [3.05, 3.63) is 47.9 Å². The number of phenols is 1. The lowest BCUT2D eigenvalue weighted by molar-refractivity contribution is 0.312. The third-order valence-electron chi connectivity index (χ3n) is 3.23. The molecular formula is C17H19N5O3. The monoisotopic (exact) mass is 341 g/mol. The second-order valence-corrected chi connectivity index (χ2v) is 5.24. The molecule has 25 heavy (non-hydrogen) atoms. The van der Waals surface area contributed by atoms with E-state index in [9.17, 15) is 5.11 Å². The number of hydrogen-bond donors (Lipinski definition) is 3. The number of hydrogen-bond acceptors (Lipinski definition) is 8. The van der Waals surface area contributed by atoms with E-state index in [1.807, 2.05) is 26.0 Å². The fourth-order valence-electron chi connectivity index (χ4n) is 2.11. The van der Waals surface area contributed by atoms with Crippen molar-refractivity contribution in [1.29, 1.82) is 0 Å². The number of anilines is 3. The summed E-state index contributed by atoms with van der Waals surface area (Å²) in [5.41, 5.74) is 0.735. The van der Waals surface area contributed by atoms with Crippen molar-refractivity contribution in [2.45, 2.75) is 20.4 Å². The first-order chi connectivity index (χ1) is 12.1. The van der Waals surface area contributed by atoms with Gasteiger partial charge in [0.1, 0.15) is 17.3 Å². The van der Waals surface area contributed by atoms with E-state index >= 15 is 0 Å². The number of rotatable bonds is 7. The first kappa shape index (κ1) is 16.6. The maximum Gasteiger partial charge on any atom is 0.323 e. The summed E-state index contributed by atoms with van der Waals surface area (Å²) in [6.07, 6.45) is 0. The third-order valence-corrected chi connectivity index (χ3v) is 3.23. The molecule has 0 amide bonds. The molecule has 3 N–H and O–H groups in total. The predicted molar refractivity (Wildman–Crippen MR) is 93.2 cm³/mol. The van der Waals surface area contributed by atoms with E-state index in [1.165, 1.54) is 0 Å². The minimum atomic E-state index is 0.187. The number of phenolic OH excluding ortho intramolecular Hbond substituents is 1. The quantitative estimate of drug-likeness (QED) is 0.563. The maximum atomic E-state index is 9.35. The summed E-state index contributed by atoms with van der Waals surface area (Å²) in [7, 11) is 0. The standard InChI is InChI=1S/C17H19N5O3/c1-3-24-17-21-15(18-10-14-9-4-11(2)25-14)20-16(22-17)19-12-5-7-13(23)8-6-12/h4-9,23H,3,10H2,1-2H3,(H2,18,19,20,21,22). The van der Waals surface area contributed by atoms with Crippen molar-refractivity contribution in [2.75, 3.05) is 17.2 Å². The van der Waals surface area contributed by atoms with Gasteiger partial charge in [-0.1, -0.05) is 0 Å². The molecule has 0 bridgehead atoms. The first-order valence-corrected chi connectivity index (χ1v) is 7.86. The van der Waals surface area contributed by atoms with Crippen molar-refractivity contribution in [1.82, 2.24) is 15.0 Å². The molecule has 3 rings (SSSR count). The number of aromatic nitrogens is 3. The van der Waals surface area contributed by atoms with Crippen LogP contribution < -0.4 is 15.4 Å². The van der Waals surface area contributed by atoms with Crippen LogP contribution >= 0.6 is 0 Å². The highest BCUT2D eigenvalue weighted by atomic mass is 16.5. The van der Waals surface area contributed by atoms with Crippen LogP contribution in [0.25, 0.3) is 0 Å². The highest BCUT2D eigenvalue weighted by Gasteiger charge is 2.09. The zero-order valence-electron chi connectivity index (χ0n) is 14.0. The highest BCUT2D eigenvalue weighted by molar-refractivity contribution is 5.55. The van der Waals surface area contributed by atoms with E-state index in [4.69, 9.17) is 9.15 Å². The topological polar surface area (TPSA) is 105 Å². The van der Waals surface area contributed by atoms with Gasteiger partial charge < -0.3 is 24.9 Å². The highest BCUT2D eigenvalue weighted by Crippen LogP contribution is 2.19. The van der Waals surface area contributed by atoms with Crippen LogP contribution in [-0.2, 0) is 6.54 Å². The lowest BCUT2D eigenvalue weighted by Crippen LogP contribution is -2.09. The van der Waals surface area contributed by atoms with Gasteiger partial charge in [0.2, 0.25) is 11.9 Å². The third kappa shape index (κ3) is 4.60. The van der Waals surface area contributed by atoms with E-state index in [-0.39, 0.29) is 11.8 Å². The number of aromatic hydroxyl groups is 1. The Morgan fingerprint density at radius 2 is 1.80 bits per heavy atom. The Morgan fingerprint density at radius 3 is 2.48 bits per heavy atom. The van der Waals surface area contributed by atoms with Gasteiger partial charge in [-0.15, -0.1) is 0 Å². The number of aryl methyl sites for hydroxylation is 1. The fourth-order valence-corrected chi connectivity index (χ4v) is 2.11. The minimum absolute atomic E-state index is 0.187. The van der Waals surface area contributed by atoms with Gasteiger partial charge in [0.25, 0.3) is 0 Å². The molecule has 0 spiro atoms. The molecule has 2 aromatic heterocycles. The van der Waals surface area contributed by atoms with Gasteiger partial charge in [-0.2, -0.15) is 15.0 Å². The average molecular weight is 341 g/mol. The molecule has 2 heterocycles. The predicted octanol–water partition coefficient (Wildman–Crippen LogP) is 3.23. The molecule has 0 radical (unpaired) electrons. The summed E-state index contributed by atoms with van der Waals surface area (Å²) >= 11 is 0. The summed E-state index contributed by atoms with van der Waals surface area (Å²) in [5.74, 6) is 2.52. The Labute approximate surface area is 144 Å². The van der Waals surface area contributed by atoms with Crippen LogP contribution in [0.2, 0.25) is 0 Å². The fraction of sp³-hybridized carbons (Fsp3) is 0.235. The Balaban J connectivity index is 1.77. The average Bonchev–Trinajstić information content (AvgIpc) is 3.01. The second-order valence-electron chi connectivity index (χ2n) is 5.24. The van der Waals surface area contributed by atoms with E-state index in [1.54, 1.807) is 24.3 Å². The molecule has 1 aromatic carbocycles. The zero-order valence-corrected chi connectivity index (χ0v) is 14.0. The van der Waals surface area contributed by atoms with Gasteiger partial charge in [0.05, 0.1) is 13.2 Å². The van der Waals surface area contributed by atoms with Crippen LogP contribution in [0.4, 0.5) is 17.6 Å². The van der Waals surface area contributed by atoms with Crippen molar-refractivity contribution in [2.24, 2.45) is 0 Å². The molecule has 0 aliphatic carbocycles. The van der Waals surface area contributed by atoms with Crippen LogP contribution in [0.5, 0.6) is 11.8 Å². The number of ether oxygens (including phenoxy) is 1. The van der Waals surface area contributed by atoms with Gasteiger partial charge in [-0.25, -0.2) is 0 Å². The number of nitrogens with one attached hydrogen (secondary N) is 2. The van der Waals surface area contributed by atoms with Crippen LogP contribution in [0, 0.1) is 6.92 Å². The number of benzene rings is 1. The van der Waals surface area contributed by atoms with Crippen LogP contribution in [0.3, 0.4) is 0 Å². The zero-order chi connectivity index (χ0) is 17.6. The molecule has 8 heteroatoms. The Bertz CT molecular complexity index is 833. The molecule has 0 aliphatic heterocycles. The van der Waals surface area contributed by atoms with E-state index in [0.717, 1.165) is 17.2 Å². The van der Waals surface area contributed by atoms with Crippen molar-refractivity contribution in [3.8, 4) is 11.8 Å². The maximum absolute atomic E-state index is 9.35. The van der Waals surface area contributed by atoms with Gasteiger partial charge in [-0.05, 0) is 50.2 Å². The lowest BCUT2D eigenvalue weighted by Gasteiger charge is -2.10. The SMILES string of the molecule is CCOc1nc(NCc2ccc(C)o2)nc(Nc2ccc(O)cc2)n1. The van der Waals surface area contributed by atoms with Crippen molar-refractivity contribution < 1.29 is 14.3 Å². The number of nitrogens with zero attached hydrogens (tertiary/aromatic N) is 3. The van der Waals surface area contributed by atoms with Gasteiger partial charge >= 0.3 is 6.01 Å². The molecule has 0 fully saturated rings. The molecule has 0 unspecified atom stereocenters. The normalized spacial score (nSPS) is 10.5. The van der Waals surface area contributed by atoms with Crippen LogP contribution in [0.1, 0.15) is 18.4 Å². The van der Waals surface area contributed by atoms with E-state index in [0.29, 0.717) is 25.0 Å². The van der Waals surface area contributed by atoms with Gasteiger partial charge in [-0.3, -0.25) is 0 Å². The lowest BCUT2D eigenvalue weighted by atomic mass is 10.3. The summed E-state index contributed by atoms with van der Waals surface area (Å²) < 4.78 is 10.9. The molecule has 8 nitrogen and oxygen atoms in total. The Kier molecular flexibility index (Phi) is 4.98. The summed E-state index contributed by atoms with van der Waals surface area (Å²) in [4.78, 5) is 12.8. The largest absolute Gasteiger partial charge is 0.508 e. The van der Waals surface area contributed by atoms with Crippen molar-refractivity contribution >= 4 is 17.6 Å². The van der Waals surface area contributed by atoms with Gasteiger partial charge in [0.15, 0.2) is 0 Å². The minimum Gasteiger partial charge on any atom is -0.508 e. The Morgan fingerprint density at radius 1 is 1.04 bits per heavy atom. The van der Waals surface area contributed by atoms with E-state index in [2.05, 4.69) is 25.6 Å². The summed E-state index contributed by atoms with van der Waals surface area (Å²) in [6, 6.07) is 10.6. The number of furan rings is 1. The smallest absolute Gasteiger partial charge is 0.323 e. The second kappa shape index (κ2) is 7.52. The van der Waals surface area contributed by atoms with Crippen molar-refractivity contribution in [3.63, 3.8) is 0 Å². The Hall–Kier alpha value is -3.29.